The minimum atomic E-state index is -1.61. The first-order valence-electron chi connectivity index (χ1n) is 4.37. The minimum absolute atomic E-state index is 0.321. The summed E-state index contributed by atoms with van der Waals surface area (Å²) in [5.74, 6) is -2.99. The number of rotatable bonds is 2. The Morgan fingerprint density at radius 1 is 1.38 bits per heavy atom. The number of nitrogens with one attached hydrogen (secondary N) is 1. The van der Waals surface area contributed by atoms with Crippen molar-refractivity contribution in [1.29, 1.82) is 0 Å². The first-order valence-corrected chi connectivity index (χ1v) is 4.37. The SMILES string of the molecule is C#CC(C)NC(=O)c1cc(F)c(F)c(F)c1. The highest BCUT2D eigenvalue weighted by molar-refractivity contribution is 5.94. The van der Waals surface area contributed by atoms with Crippen LogP contribution in [0.4, 0.5) is 13.2 Å². The van der Waals surface area contributed by atoms with Crippen molar-refractivity contribution in [2.45, 2.75) is 13.0 Å². The Kier molecular flexibility index (Phi) is 3.56. The van der Waals surface area contributed by atoms with Gasteiger partial charge in [0.2, 0.25) is 0 Å². The molecular formula is C11H8F3NO. The monoisotopic (exact) mass is 227 g/mol. The number of halogens is 3. The molecule has 1 atom stereocenters. The summed E-state index contributed by atoms with van der Waals surface area (Å²) in [6, 6.07) is 0.636. The fourth-order valence-corrected chi connectivity index (χ4v) is 1.01. The first-order chi connectivity index (χ1) is 7.45. The molecule has 1 unspecified atom stereocenters. The fraction of sp³-hybridized carbons (Fsp3) is 0.182. The summed E-state index contributed by atoms with van der Waals surface area (Å²) >= 11 is 0. The van der Waals surface area contributed by atoms with E-state index < -0.39 is 29.4 Å². The second-order valence-electron chi connectivity index (χ2n) is 3.12. The van der Waals surface area contributed by atoms with E-state index in [1.54, 1.807) is 0 Å². The molecule has 0 aliphatic carbocycles. The van der Waals surface area contributed by atoms with Gasteiger partial charge in [-0.2, -0.15) is 0 Å². The van der Waals surface area contributed by atoms with E-state index in [9.17, 15) is 18.0 Å². The van der Waals surface area contributed by atoms with Crippen molar-refractivity contribution in [2.24, 2.45) is 0 Å². The molecule has 0 bridgehead atoms. The molecule has 2 nitrogen and oxygen atoms in total. The van der Waals surface area contributed by atoms with E-state index in [0.717, 1.165) is 0 Å². The van der Waals surface area contributed by atoms with Crippen LogP contribution in [0, 0.1) is 29.8 Å². The first kappa shape index (κ1) is 12.1. The molecule has 5 heteroatoms. The Morgan fingerprint density at radius 2 is 1.88 bits per heavy atom. The molecule has 0 saturated carbocycles. The summed E-state index contributed by atoms with van der Waals surface area (Å²) in [6.45, 7) is 1.52. The Bertz CT molecular complexity index is 442. The van der Waals surface area contributed by atoms with Crippen LogP contribution in [-0.2, 0) is 0 Å². The number of terminal acetylenes is 1. The van der Waals surface area contributed by atoms with Crippen molar-refractivity contribution >= 4 is 5.91 Å². The highest BCUT2D eigenvalue weighted by Gasteiger charge is 2.15. The summed E-state index contributed by atoms with van der Waals surface area (Å²) in [5.41, 5.74) is -0.321. The van der Waals surface area contributed by atoms with Gasteiger partial charge in [-0.25, -0.2) is 13.2 Å². The van der Waals surface area contributed by atoms with E-state index in [-0.39, 0.29) is 5.56 Å². The van der Waals surface area contributed by atoms with Crippen LogP contribution >= 0.6 is 0 Å². The highest BCUT2D eigenvalue weighted by atomic mass is 19.2. The van der Waals surface area contributed by atoms with E-state index in [2.05, 4.69) is 11.2 Å². The predicted octanol–water partition coefficient (Wildman–Crippen LogP) is 1.86. The summed E-state index contributed by atoms with van der Waals surface area (Å²) < 4.78 is 38.2. The molecular weight excluding hydrogens is 219 g/mol. The van der Waals surface area contributed by atoms with Gasteiger partial charge in [-0.15, -0.1) is 6.42 Å². The summed E-state index contributed by atoms with van der Waals surface area (Å²) in [7, 11) is 0. The predicted molar refractivity (Wildman–Crippen MR) is 52.1 cm³/mol. The number of amides is 1. The second kappa shape index (κ2) is 4.71. The van der Waals surface area contributed by atoms with E-state index >= 15 is 0 Å². The molecule has 1 aromatic carbocycles. The van der Waals surface area contributed by atoms with Crippen molar-refractivity contribution in [1.82, 2.24) is 5.32 Å². The maximum Gasteiger partial charge on any atom is 0.252 e. The van der Waals surface area contributed by atoms with Gasteiger partial charge in [0.25, 0.3) is 5.91 Å². The Balaban J connectivity index is 2.98. The largest absolute Gasteiger partial charge is 0.339 e. The molecule has 0 saturated heterocycles. The quantitative estimate of drug-likeness (QED) is 0.606. The number of hydrogen-bond donors (Lipinski definition) is 1. The summed E-state index contributed by atoms with van der Waals surface area (Å²) in [5, 5.41) is 2.29. The van der Waals surface area contributed by atoms with Crippen LogP contribution < -0.4 is 5.32 Å². The lowest BCUT2D eigenvalue weighted by atomic mass is 10.2. The molecule has 84 valence electrons. The third kappa shape index (κ3) is 2.54. The average Bonchev–Trinajstić information content (AvgIpc) is 2.24. The molecule has 0 radical (unpaired) electrons. The molecule has 1 rings (SSSR count). The van der Waals surface area contributed by atoms with Crippen LogP contribution in [0.2, 0.25) is 0 Å². The second-order valence-corrected chi connectivity index (χ2v) is 3.12. The molecule has 1 amide bonds. The van der Waals surface area contributed by atoms with Gasteiger partial charge >= 0.3 is 0 Å². The topological polar surface area (TPSA) is 29.1 Å². The van der Waals surface area contributed by atoms with Gasteiger partial charge in [0.05, 0.1) is 6.04 Å². The lowest BCUT2D eigenvalue weighted by Gasteiger charge is -2.08. The van der Waals surface area contributed by atoms with Gasteiger partial charge < -0.3 is 5.32 Å². The van der Waals surface area contributed by atoms with Crippen LogP contribution in [0.5, 0.6) is 0 Å². The molecule has 0 heterocycles. The zero-order chi connectivity index (χ0) is 12.3. The summed E-state index contributed by atoms with van der Waals surface area (Å²) in [4.78, 5) is 11.4. The third-order valence-corrected chi connectivity index (χ3v) is 1.84. The molecule has 0 spiro atoms. The standard InChI is InChI=1S/C11H8F3NO/c1-3-6(2)15-11(16)7-4-8(12)10(14)9(13)5-7/h1,4-6H,2H3,(H,15,16). The molecule has 0 aromatic heterocycles. The molecule has 0 fully saturated rings. The van der Waals surface area contributed by atoms with Crippen molar-refractivity contribution < 1.29 is 18.0 Å². The maximum atomic E-state index is 12.8. The van der Waals surface area contributed by atoms with Crippen LogP contribution in [0.15, 0.2) is 12.1 Å². The average molecular weight is 227 g/mol. The van der Waals surface area contributed by atoms with E-state index in [4.69, 9.17) is 6.42 Å². The molecule has 0 aliphatic rings. The van der Waals surface area contributed by atoms with Gasteiger partial charge in [0.15, 0.2) is 17.5 Å². The van der Waals surface area contributed by atoms with Gasteiger partial charge in [-0.05, 0) is 19.1 Å². The van der Waals surface area contributed by atoms with E-state index in [0.29, 0.717) is 12.1 Å². The van der Waals surface area contributed by atoms with Crippen molar-refractivity contribution in [3.05, 3.63) is 35.1 Å². The number of carbonyl (C=O) groups is 1. The number of benzene rings is 1. The van der Waals surface area contributed by atoms with Crippen molar-refractivity contribution in [3.8, 4) is 12.3 Å². The number of carbonyl (C=O) groups excluding carboxylic acids is 1. The van der Waals surface area contributed by atoms with Crippen LogP contribution in [0.3, 0.4) is 0 Å². The van der Waals surface area contributed by atoms with Gasteiger partial charge in [-0.1, -0.05) is 5.92 Å². The normalized spacial score (nSPS) is 11.7. The van der Waals surface area contributed by atoms with Crippen LogP contribution in [0.25, 0.3) is 0 Å². The molecule has 1 aromatic rings. The third-order valence-electron chi connectivity index (χ3n) is 1.84. The fourth-order valence-electron chi connectivity index (χ4n) is 1.01. The number of hydrogen-bond acceptors (Lipinski definition) is 1. The Labute approximate surface area is 90.5 Å². The van der Waals surface area contributed by atoms with Crippen molar-refractivity contribution in [2.75, 3.05) is 0 Å². The van der Waals surface area contributed by atoms with Gasteiger partial charge in [0.1, 0.15) is 0 Å². The zero-order valence-electron chi connectivity index (χ0n) is 8.35. The molecule has 0 aliphatic heterocycles. The Morgan fingerprint density at radius 3 is 2.31 bits per heavy atom. The minimum Gasteiger partial charge on any atom is -0.339 e. The van der Waals surface area contributed by atoms with Crippen LogP contribution in [-0.4, -0.2) is 11.9 Å². The van der Waals surface area contributed by atoms with Crippen molar-refractivity contribution in [3.63, 3.8) is 0 Å². The molecule has 16 heavy (non-hydrogen) atoms. The van der Waals surface area contributed by atoms with Gasteiger partial charge in [-0.3, -0.25) is 4.79 Å². The summed E-state index contributed by atoms with van der Waals surface area (Å²) in [6.07, 6.45) is 5.01. The van der Waals surface area contributed by atoms with E-state index in [1.165, 1.54) is 6.92 Å². The Hall–Kier alpha value is -1.96. The maximum absolute atomic E-state index is 12.8. The smallest absolute Gasteiger partial charge is 0.252 e. The lowest BCUT2D eigenvalue weighted by molar-refractivity contribution is 0.0947. The van der Waals surface area contributed by atoms with Crippen LogP contribution in [0.1, 0.15) is 17.3 Å². The highest BCUT2D eigenvalue weighted by Crippen LogP contribution is 2.13. The van der Waals surface area contributed by atoms with E-state index in [1.807, 2.05) is 0 Å². The molecule has 1 N–H and O–H groups in total. The lowest BCUT2D eigenvalue weighted by Crippen LogP contribution is -2.31. The zero-order valence-corrected chi connectivity index (χ0v) is 8.35. The van der Waals surface area contributed by atoms with Gasteiger partial charge in [0, 0.05) is 5.56 Å².